The zero-order valence-corrected chi connectivity index (χ0v) is 51.5. The summed E-state index contributed by atoms with van der Waals surface area (Å²) in [6.07, 6.45) is -0.493. The highest BCUT2D eigenvalue weighted by Gasteiger charge is 2.39. The number of imide groups is 1. The zero-order valence-electron chi connectivity index (χ0n) is 51.5. The SMILES string of the molecule is C[C@H](NC(=O)[C@H](C)N(C)CCCCCC(=O)ON1C(=O)CCC1=O)C(=O)C[C@H](C)C(=O)N[C@@H](CC(N)=O)C(=O)N[C@@H](CCN(C(=O)CO)[C@@H](c1cc(-c2cc(F)ccc2F)cn1Cc1ccccc1)C(C)(C)C)C(=O)NCCC(=O)N[C@H](CCC(=O)O)C(=O)O. The average molecular weight is 1270 g/mol. The van der Waals surface area contributed by atoms with E-state index >= 15 is 4.39 Å². The molecule has 1 aliphatic rings. The van der Waals surface area contributed by atoms with Gasteiger partial charge in [-0.2, -0.15) is 0 Å². The van der Waals surface area contributed by atoms with Crippen molar-refractivity contribution in [3.8, 4) is 11.1 Å². The third kappa shape index (κ3) is 22.9. The van der Waals surface area contributed by atoms with Crippen molar-refractivity contribution in [3.05, 3.63) is 83.7 Å². The fourth-order valence-electron chi connectivity index (χ4n) is 9.84. The number of hydrogen-bond donors (Lipinski definition) is 9. The molecular weight excluding hydrogens is 1180 g/mol. The number of unbranched alkanes of at least 4 members (excludes halogenated alkanes) is 2. The smallest absolute Gasteiger partial charge is 0.333 e. The zero-order chi connectivity index (χ0) is 67.2. The van der Waals surface area contributed by atoms with Crippen molar-refractivity contribution >= 4 is 76.9 Å². The molecule has 7 atom stereocenters. The number of nitrogens with one attached hydrogen (secondary N) is 5. The van der Waals surface area contributed by atoms with Crippen molar-refractivity contribution in [2.24, 2.45) is 17.1 Å². The summed E-state index contributed by atoms with van der Waals surface area (Å²) in [6.45, 7) is 8.17. The Kier molecular flexibility index (Phi) is 28.3. The first-order valence-corrected chi connectivity index (χ1v) is 29.4. The van der Waals surface area contributed by atoms with Crippen molar-refractivity contribution < 1.29 is 91.3 Å². The number of carbonyl (C=O) groups excluding carboxylic acids is 11. The number of nitrogens with two attached hydrogens (primary N) is 1. The lowest BCUT2D eigenvalue weighted by molar-refractivity contribution is -0.197. The molecule has 4 rings (SSSR count). The Bertz CT molecular complexity index is 3080. The molecular formula is C61H82F2N10O17. The van der Waals surface area contributed by atoms with E-state index in [0.717, 1.165) is 23.8 Å². The van der Waals surface area contributed by atoms with Crippen molar-refractivity contribution in [1.29, 1.82) is 0 Å². The number of halogens is 2. The molecule has 9 amide bonds. The number of aliphatic hydroxyl groups is 1. The number of carboxylic acids is 2. The van der Waals surface area contributed by atoms with Gasteiger partial charge in [-0.1, -0.05) is 64.4 Å². The van der Waals surface area contributed by atoms with Gasteiger partial charge >= 0.3 is 17.9 Å². The maximum atomic E-state index is 15.5. The van der Waals surface area contributed by atoms with E-state index < -0.39 is 194 Å². The van der Waals surface area contributed by atoms with Gasteiger partial charge in [0.15, 0.2) is 5.78 Å². The number of aliphatic hydroxyl groups excluding tert-OH is 1. The van der Waals surface area contributed by atoms with Gasteiger partial charge in [0.05, 0.1) is 24.5 Å². The lowest BCUT2D eigenvalue weighted by atomic mass is 9.82. The first-order chi connectivity index (χ1) is 42.3. The standard InChI is InChI=1S/C61H82F2N10O17/c1-35(28-47(75)36(2)66-57(85)37(3)70(7)26-13-9-12-16-54(83)90-73-50(78)20-21-51(73)79)56(84)69-45(31-48(64)76)59(87)68-43(58(86)65-25-23-49(77)67-44(60(88)89)19-22-53(81)82)24-27-72(52(80)34-74)55(61(4,5)6)46-29-39(41-30-40(62)17-18-42(41)63)33-71(46)32-38-14-10-8-11-15-38/h8,10-11,14-15,17-18,29-30,33,35-37,43-45,55,74H,9,12-13,16,19-28,31-32,34H2,1-7H3,(H2,64,76)(H,65,86)(H,66,85)(H,67,77)(H,68,87)(H,69,84)(H,81,82)(H,88,89)/t35-,36-,37-,43-,44+,45-,55-/m0/s1. The average Bonchev–Trinajstić information content (AvgIpc) is 1.68. The Balaban J connectivity index is 1.54. The van der Waals surface area contributed by atoms with Gasteiger partial charge in [-0.3, -0.25) is 57.6 Å². The van der Waals surface area contributed by atoms with Crippen LogP contribution in [0.25, 0.3) is 11.1 Å². The lowest BCUT2D eigenvalue weighted by Crippen LogP contribution is -2.56. The molecule has 2 aromatic carbocycles. The topological polar surface area (TPSA) is 393 Å². The Labute approximate surface area is 519 Å². The maximum absolute atomic E-state index is 15.5. The molecule has 0 aliphatic carbocycles. The maximum Gasteiger partial charge on any atom is 0.333 e. The van der Waals surface area contributed by atoms with Crippen LogP contribution in [-0.2, 0) is 73.7 Å². The lowest BCUT2D eigenvalue weighted by Gasteiger charge is -2.41. The molecule has 27 nitrogen and oxygen atoms in total. The number of carboxylic acid groups (broad SMARTS) is 2. The van der Waals surface area contributed by atoms with Crippen molar-refractivity contribution in [1.82, 2.24) is 46.0 Å². The van der Waals surface area contributed by atoms with Crippen LogP contribution in [0.4, 0.5) is 8.78 Å². The van der Waals surface area contributed by atoms with E-state index in [2.05, 4.69) is 26.6 Å². The van der Waals surface area contributed by atoms with E-state index in [1.54, 1.807) is 74.7 Å². The number of Topliss-reactive ketones (excluding diaryl/α,β-unsaturated/α-hetero) is 1. The molecule has 0 radical (unpaired) electrons. The summed E-state index contributed by atoms with van der Waals surface area (Å²) in [6, 6.07) is 5.51. The van der Waals surface area contributed by atoms with Crippen molar-refractivity contribution in [3.63, 3.8) is 0 Å². The van der Waals surface area contributed by atoms with Crippen LogP contribution in [0, 0.1) is 23.0 Å². The van der Waals surface area contributed by atoms with E-state index in [9.17, 15) is 76.9 Å². The van der Waals surface area contributed by atoms with Crippen LogP contribution in [0.3, 0.4) is 0 Å². The molecule has 0 saturated carbocycles. The molecule has 0 bridgehead atoms. The number of amides is 9. The predicted molar refractivity (Wildman–Crippen MR) is 317 cm³/mol. The molecule has 492 valence electrons. The summed E-state index contributed by atoms with van der Waals surface area (Å²) >= 11 is 0. The second-order valence-corrected chi connectivity index (χ2v) is 23.2. The molecule has 1 aliphatic heterocycles. The van der Waals surface area contributed by atoms with E-state index in [-0.39, 0.29) is 36.9 Å². The Morgan fingerprint density at radius 2 is 1.39 bits per heavy atom. The normalized spacial score (nSPS) is 14.7. The Morgan fingerprint density at radius 3 is 2.00 bits per heavy atom. The number of carbonyl (C=O) groups is 13. The van der Waals surface area contributed by atoms with E-state index in [1.165, 1.54) is 18.7 Å². The highest BCUT2D eigenvalue weighted by Crippen LogP contribution is 2.41. The summed E-state index contributed by atoms with van der Waals surface area (Å²) in [7, 11) is 1.67. The minimum absolute atomic E-state index is 0.0287. The summed E-state index contributed by atoms with van der Waals surface area (Å²) in [5, 5.41) is 41.8. The van der Waals surface area contributed by atoms with Gasteiger partial charge < -0.3 is 61.9 Å². The molecule has 1 fully saturated rings. The largest absolute Gasteiger partial charge is 0.481 e. The second kappa shape index (κ2) is 34.7. The number of aliphatic carboxylic acids is 2. The molecule has 0 unspecified atom stereocenters. The number of hydrogen-bond acceptors (Lipinski definition) is 16. The van der Waals surface area contributed by atoms with E-state index in [0.29, 0.717) is 36.6 Å². The number of ketones is 1. The fourth-order valence-corrected chi connectivity index (χ4v) is 9.84. The number of nitrogens with zero attached hydrogens (tertiary/aromatic N) is 4. The Hall–Kier alpha value is -8.99. The first kappa shape index (κ1) is 73.5. The summed E-state index contributed by atoms with van der Waals surface area (Å²) in [5.74, 6) is -14.5. The van der Waals surface area contributed by atoms with Crippen LogP contribution in [0.2, 0.25) is 0 Å². The number of likely N-dealkylation sites (N-methyl/N-ethyl adjacent to an activating group) is 1. The van der Waals surface area contributed by atoms with Crippen LogP contribution < -0.4 is 32.3 Å². The Morgan fingerprint density at radius 1 is 0.733 bits per heavy atom. The van der Waals surface area contributed by atoms with Crippen molar-refractivity contribution in [2.75, 3.05) is 33.3 Å². The van der Waals surface area contributed by atoms with E-state index in [1.807, 2.05) is 12.1 Å². The highest BCUT2D eigenvalue weighted by molar-refractivity contribution is 6.01. The van der Waals surface area contributed by atoms with Crippen LogP contribution in [-0.4, -0.2) is 175 Å². The van der Waals surface area contributed by atoms with Crippen LogP contribution in [0.1, 0.15) is 136 Å². The summed E-state index contributed by atoms with van der Waals surface area (Å²) in [5.41, 5.74) is 5.86. The van der Waals surface area contributed by atoms with Gasteiger partial charge in [0.2, 0.25) is 41.4 Å². The van der Waals surface area contributed by atoms with Crippen LogP contribution >= 0.6 is 0 Å². The van der Waals surface area contributed by atoms with Gasteiger partial charge in [-0.25, -0.2) is 18.4 Å². The summed E-state index contributed by atoms with van der Waals surface area (Å²) in [4.78, 5) is 175. The molecule has 90 heavy (non-hydrogen) atoms. The van der Waals surface area contributed by atoms with Gasteiger partial charge in [0, 0.05) is 87.1 Å². The minimum Gasteiger partial charge on any atom is -0.481 e. The second-order valence-electron chi connectivity index (χ2n) is 23.2. The molecule has 3 aromatic rings. The summed E-state index contributed by atoms with van der Waals surface area (Å²) < 4.78 is 31.9. The third-order valence-electron chi connectivity index (χ3n) is 14.9. The first-order valence-electron chi connectivity index (χ1n) is 29.4. The van der Waals surface area contributed by atoms with Gasteiger partial charge in [0.25, 0.3) is 11.8 Å². The monoisotopic (exact) mass is 1260 g/mol. The predicted octanol–water partition coefficient (Wildman–Crippen LogP) is 2.15. The van der Waals surface area contributed by atoms with E-state index in [4.69, 9.17) is 15.7 Å². The molecule has 0 spiro atoms. The van der Waals surface area contributed by atoms with Crippen LogP contribution in [0.15, 0.2) is 60.8 Å². The number of rotatable bonds is 37. The minimum atomic E-state index is -1.80. The molecule has 1 saturated heterocycles. The quantitative estimate of drug-likeness (QED) is 0.0295. The number of aromatic nitrogens is 1. The number of hydroxylamine groups is 2. The molecule has 1 aromatic heterocycles. The third-order valence-corrected chi connectivity index (χ3v) is 14.9. The highest BCUT2D eigenvalue weighted by atomic mass is 19.1. The molecule has 10 N–H and O–H groups in total. The molecule has 2 heterocycles. The van der Waals surface area contributed by atoms with Crippen LogP contribution in [0.5, 0.6) is 0 Å². The number of primary amides is 1. The van der Waals surface area contributed by atoms with Crippen molar-refractivity contribution in [2.45, 2.75) is 161 Å². The fraction of sp³-hybridized carbons (Fsp3) is 0.525. The van der Waals surface area contributed by atoms with Gasteiger partial charge in [0.1, 0.15) is 36.4 Å². The number of benzene rings is 2. The van der Waals surface area contributed by atoms with Gasteiger partial charge in [-0.05, 0) is 88.4 Å². The van der Waals surface area contributed by atoms with Gasteiger partial charge in [-0.15, -0.1) is 5.06 Å². The molecule has 29 heteroatoms.